The Labute approximate surface area is 125 Å². The van der Waals surface area contributed by atoms with Crippen LogP contribution in [0.3, 0.4) is 0 Å². The summed E-state index contributed by atoms with van der Waals surface area (Å²) < 4.78 is 0. The molecule has 2 aliphatic heterocycles. The second kappa shape index (κ2) is 5.51. The Hall–Kier alpha value is -0.440. The smallest absolute Gasteiger partial charge is 0.0612 e. The van der Waals surface area contributed by atoms with E-state index in [1.54, 1.807) is 0 Å². The Morgan fingerprint density at radius 3 is 2.63 bits per heavy atom. The molecule has 2 fully saturated rings. The maximum atomic E-state index is 6.14. The predicted molar refractivity (Wildman–Crippen MR) is 82.5 cm³/mol. The molecule has 2 heterocycles. The molecule has 3 rings (SSSR count). The van der Waals surface area contributed by atoms with Gasteiger partial charge in [0.1, 0.15) is 0 Å². The molecule has 2 bridgehead atoms. The van der Waals surface area contributed by atoms with Gasteiger partial charge in [-0.15, -0.1) is 0 Å². The van der Waals surface area contributed by atoms with Crippen LogP contribution in [0, 0.1) is 0 Å². The van der Waals surface area contributed by atoms with Crippen LogP contribution < -0.4 is 4.90 Å². The van der Waals surface area contributed by atoms with E-state index in [4.69, 9.17) is 23.2 Å². The summed E-state index contributed by atoms with van der Waals surface area (Å²) >= 11 is 12.2. The molecule has 0 radical (unpaired) electrons. The molecule has 2 unspecified atom stereocenters. The van der Waals surface area contributed by atoms with Crippen molar-refractivity contribution in [2.75, 3.05) is 25.0 Å². The minimum absolute atomic E-state index is 0.635. The van der Waals surface area contributed by atoms with Crippen LogP contribution in [0.5, 0.6) is 0 Å². The third-order valence-electron chi connectivity index (χ3n) is 4.66. The van der Waals surface area contributed by atoms with Gasteiger partial charge in [-0.3, -0.25) is 4.90 Å². The third kappa shape index (κ3) is 2.72. The molecular weight excluding hydrogens is 279 g/mol. The first-order valence-corrected chi connectivity index (χ1v) is 7.82. The summed E-state index contributed by atoms with van der Waals surface area (Å²) in [5.74, 6) is 0. The molecular formula is C15H20Cl2N2. The van der Waals surface area contributed by atoms with Crippen LogP contribution in [0.25, 0.3) is 0 Å². The Bertz CT molecular complexity index is 463. The molecule has 1 aromatic carbocycles. The van der Waals surface area contributed by atoms with Crippen LogP contribution in [0.4, 0.5) is 5.69 Å². The van der Waals surface area contributed by atoms with Crippen molar-refractivity contribution in [3.63, 3.8) is 0 Å². The highest BCUT2D eigenvalue weighted by Gasteiger charge is 2.32. The lowest BCUT2D eigenvalue weighted by Crippen LogP contribution is -2.45. The van der Waals surface area contributed by atoms with Crippen molar-refractivity contribution in [2.24, 2.45) is 0 Å². The van der Waals surface area contributed by atoms with Gasteiger partial charge in [0, 0.05) is 30.9 Å². The maximum Gasteiger partial charge on any atom is 0.0612 e. The first-order chi connectivity index (χ1) is 9.15. The lowest BCUT2D eigenvalue weighted by Gasteiger charge is -2.37. The van der Waals surface area contributed by atoms with Crippen molar-refractivity contribution >= 4 is 28.9 Å². The molecule has 1 aromatic rings. The van der Waals surface area contributed by atoms with Gasteiger partial charge >= 0.3 is 0 Å². The van der Waals surface area contributed by atoms with E-state index in [1.165, 1.54) is 31.4 Å². The molecule has 104 valence electrons. The summed E-state index contributed by atoms with van der Waals surface area (Å²) in [6.07, 6.45) is 5.27. The highest BCUT2D eigenvalue weighted by atomic mass is 35.5. The first-order valence-electron chi connectivity index (χ1n) is 7.07. The standard InChI is InChI=1S/C15H20Cl2N2/c1-18-11-3-2-4-13(18)10-19(8-7-11)12-5-6-14(16)15(17)9-12/h5-6,9,11,13H,2-4,7-8,10H2,1H3. The van der Waals surface area contributed by atoms with Gasteiger partial charge in [0.2, 0.25) is 0 Å². The summed E-state index contributed by atoms with van der Waals surface area (Å²) in [6.45, 7) is 2.22. The Kier molecular flexibility index (Phi) is 3.93. The second-order valence-corrected chi connectivity index (χ2v) is 6.55. The predicted octanol–water partition coefficient (Wildman–Crippen LogP) is 4.06. The summed E-state index contributed by atoms with van der Waals surface area (Å²) in [5.41, 5.74) is 1.20. The van der Waals surface area contributed by atoms with Crippen molar-refractivity contribution in [2.45, 2.75) is 37.8 Å². The van der Waals surface area contributed by atoms with Crippen molar-refractivity contribution in [3.05, 3.63) is 28.2 Å². The first kappa shape index (κ1) is 13.5. The minimum Gasteiger partial charge on any atom is -0.370 e. The van der Waals surface area contributed by atoms with Crippen LogP contribution >= 0.6 is 23.2 Å². The van der Waals surface area contributed by atoms with Crippen LogP contribution in [0.2, 0.25) is 10.0 Å². The number of hydrogen-bond donors (Lipinski definition) is 0. The Balaban J connectivity index is 1.83. The molecule has 0 spiro atoms. The highest BCUT2D eigenvalue weighted by molar-refractivity contribution is 6.42. The monoisotopic (exact) mass is 298 g/mol. The van der Waals surface area contributed by atoms with Crippen molar-refractivity contribution in [1.29, 1.82) is 0 Å². The fourth-order valence-electron chi connectivity index (χ4n) is 3.43. The number of hydrogen-bond acceptors (Lipinski definition) is 2. The number of anilines is 1. The zero-order valence-electron chi connectivity index (χ0n) is 11.3. The van der Waals surface area contributed by atoms with Crippen LogP contribution in [-0.2, 0) is 0 Å². The van der Waals surface area contributed by atoms with E-state index in [9.17, 15) is 0 Å². The molecule has 0 aromatic heterocycles. The molecule has 2 aliphatic rings. The molecule has 0 saturated carbocycles. The van der Waals surface area contributed by atoms with Gasteiger partial charge in [-0.1, -0.05) is 29.6 Å². The molecule has 0 aliphatic carbocycles. The van der Waals surface area contributed by atoms with E-state index in [0.717, 1.165) is 19.1 Å². The average molecular weight is 299 g/mol. The molecule has 0 amide bonds. The van der Waals surface area contributed by atoms with Gasteiger partial charge in [0.25, 0.3) is 0 Å². The number of nitrogens with zero attached hydrogens (tertiary/aromatic N) is 2. The Morgan fingerprint density at radius 2 is 1.84 bits per heavy atom. The van der Waals surface area contributed by atoms with Crippen molar-refractivity contribution < 1.29 is 0 Å². The van der Waals surface area contributed by atoms with Gasteiger partial charge in [0.05, 0.1) is 10.0 Å². The summed E-state index contributed by atoms with van der Waals surface area (Å²) in [4.78, 5) is 5.05. The molecule has 4 heteroatoms. The number of likely N-dealkylation sites (N-methyl/N-ethyl adjacent to an activating group) is 1. The number of benzene rings is 1. The molecule has 2 nitrogen and oxygen atoms in total. The number of rotatable bonds is 1. The molecule has 2 saturated heterocycles. The normalized spacial score (nSPS) is 28.3. The van der Waals surface area contributed by atoms with E-state index in [1.807, 2.05) is 12.1 Å². The van der Waals surface area contributed by atoms with Gasteiger partial charge in [-0.2, -0.15) is 0 Å². The second-order valence-electron chi connectivity index (χ2n) is 5.74. The fourth-order valence-corrected chi connectivity index (χ4v) is 3.72. The third-order valence-corrected chi connectivity index (χ3v) is 5.40. The summed E-state index contributed by atoms with van der Waals surface area (Å²) in [6, 6.07) is 7.42. The zero-order chi connectivity index (χ0) is 13.4. The lowest BCUT2D eigenvalue weighted by atomic mass is 9.96. The molecule has 19 heavy (non-hydrogen) atoms. The van der Waals surface area contributed by atoms with Gasteiger partial charge in [0.15, 0.2) is 0 Å². The van der Waals surface area contributed by atoms with Gasteiger partial charge in [-0.05, 0) is 44.5 Å². The SMILES string of the molecule is CN1C2CCCC1CN(c1ccc(Cl)c(Cl)c1)CC2. The minimum atomic E-state index is 0.635. The van der Waals surface area contributed by atoms with Crippen LogP contribution in [0.15, 0.2) is 18.2 Å². The number of fused-ring (bicyclic) bond motifs is 2. The lowest BCUT2D eigenvalue weighted by molar-refractivity contribution is 0.127. The van der Waals surface area contributed by atoms with Crippen LogP contribution in [-0.4, -0.2) is 37.1 Å². The van der Waals surface area contributed by atoms with Gasteiger partial charge in [-0.25, -0.2) is 0 Å². The van der Waals surface area contributed by atoms with Crippen molar-refractivity contribution in [3.8, 4) is 0 Å². The highest BCUT2D eigenvalue weighted by Crippen LogP contribution is 2.32. The maximum absolute atomic E-state index is 6.14. The fraction of sp³-hybridized carbons (Fsp3) is 0.600. The summed E-state index contributed by atoms with van der Waals surface area (Å²) in [7, 11) is 2.28. The average Bonchev–Trinajstić information content (AvgIpc) is 2.50. The zero-order valence-corrected chi connectivity index (χ0v) is 12.8. The van der Waals surface area contributed by atoms with Gasteiger partial charge < -0.3 is 4.90 Å². The van der Waals surface area contributed by atoms with E-state index in [-0.39, 0.29) is 0 Å². The van der Waals surface area contributed by atoms with E-state index in [2.05, 4.69) is 22.9 Å². The van der Waals surface area contributed by atoms with E-state index in [0.29, 0.717) is 16.1 Å². The van der Waals surface area contributed by atoms with Crippen molar-refractivity contribution in [1.82, 2.24) is 4.90 Å². The largest absolute Gasteiger partial charge is 0.370 e. The van der Waals surface area contributed by atoms with Crippen LogP contribution in [0.1, 0.15) is 25.7 Å². The molecule has 2 atom stereocenters. The quantitative estimate of drug-likeness (QED) is 0.771. The van der Waals surface area contributed by atoms with E-state index < -0.39 is 0 Å². The topological polar surface area (TPSA) is 6.48 Å². The Morgan fingerprint density at radius 1 is 1.05 bits per heavy atom. The molecule has 0 N–H and O–H groups in total. The number of piperidine rings is 1. The van der Waals surface area contributed by atoms with E-state index >= 15 is 0 Å². The number of halogens is 2. The summed E-state index contributed by atoms with van der Waals surface area (Å²) in [5, 5.41) is 1.29.